The molecule has 0 saturated carbocycles. The highest BCUT2D eigenvalue weighted by molar-refractivity contribution is 7.79. The lowest BCUT2D eigenvalue weighted by Gasteiger charge is -2.45. The van der Waals surface area contributed by atoms with Gasteiger partial charge < -0.3 is 64.2 Å². The summed E-state index contributed by atoms with van der Waals surface area (Å²) >= 11 is 4.62. The van der Waals surface area contributed by atoms with E-state index in [9.17, 15) is 35.7 Å². The number of rotatable bonds is 13. The van der Waals surface area contributed by atoms with Gasteiger partial charge in [0.05, 0.1) is 46.2 Å². The average Bonchev–Trinajstić information content (AvgIpc) is 2.79. The molecule has 2 aliphatic rings. The van der Waals surface area contributed by atoms with E-state index in [1.54, 1.807) is 0 Å². The number of ether oxygens (including phenoxy) is 6. The van der Waals surface area contributed by atoms with Gasteiger partial charge in [0.1, 0.15) is 48.8 Å². The molecule has 14 heteroatoms. The fourth-order valence-electron chi connectivity index (χ4n) is 3.26. The molecule has 32 heavy (non-hydrogen) atoms. The summed E-state index contributed by atoms with van der Waals surface area (Å²) in [6.45, 7) is -0.210. The maximum Gasteiger partial charge on any atom is 0.187 e. The fraction of sp³-hybridized carbons (Fsp3) is 0.944. The lowest BCUT2D eigenvalue weighted by atomic mass is 9.97. The SMILES string of the molecule is OC[C@H]1O[C@H](O[C@H]2[C@@H](O)[C@@H](CO)O[C@H](OCCOCCOCC=S)[C@@H]2O)[C@H](O)[C@@H](O)[C@H]1O. The predicted molar refractivity (Wildman–Crippen MR) is 108 cm³/mol. The molecule has 2 rings (SSSR count). The molecule has 0 aromatic carbocycles. The van der Waals surface area contributed by atoms with Crippen LogP contribution in [0.1, 0.15) is 0 Å². The molecule has 0 aromatic heterocycles. The Bertz CT molecular complexity index is 541. The van der Waals surface area contributed by atoms with Crippen molar-refractivity contribution in [3.8, 4) is 0 Å². The van der Waals surface area contributed by atoms with E-state index in [4.69, 9.17) is 28.4 Å². The standard InChI is InChI=1S/C18H32O13S/c19-7-9-11(21)13(23)14(24)18(30-9)31-16-12(22)10(8-20)29-17(15(16)25)28-4-3-26-1-2-27-5-6-32/h6,9-25H,1-5,7-8H2/t9-,10-,11+,12+,13+,14-,15-,16+,17+,18-/m1/s1. The van der Waals surface area contributed by atoms with Gasteiger partial charge in [-0.05, 0) is 0 Å². The van der Waals surface area contributed by atoms with Crippen LogP contribution in [0, 0.1) is 0 Å². The topological polar surface area (TPSA) is 197 Å². The lowest BCUT2D eigenvalue weighted by Crippen LogP contribution is -2.64. The van der Waals surface area contributed by atoms with E-state index >= 15 is 0 Å². The maximum absolute atomic E-state index is 10.6. The van der Waals surface area contributed by atoms with E-state index in [2.05, 4.69) is 12.2 Å². The van der Waals surface area contributed by atoms with E-state index in [1.165, 1.54) is 5.37 Å². The zero-order chi connectivity index (χ0) is 23.7. The molecular weight excluding hydrogens is 456 g/mol. The Kier molecular flexibility index (Phi) is 12.2. The smallest absolute Gasteiger partial charge is 0.187 e. The summed E-state index contributed by atoms with van der Waals surface area (Å²) in [7, 11) is 0. The summed E-state index contributed by atoms with van der Waals surface area (Å²) in [5, 5.41) is 71.1. The van der Waals surface area contributed by atoms with Crippen molar-refractivity contribution < 1.29 is 64.2 Å². The van der Waals surface area contributed by atoms with Crippen LogP contribution in [0.4, 0.5) is 0 Å². The second-order valence-corrected chi connectivity index (χ2v) is 7.56. The van der Waals surface area contributed by atoms with Crippen molar-refractivity contribution in [3.63, 3.8) is 0 Å². The van der Waals surface area contributed by atoms with E-state index in [-0.39, 0.29) is 13.2 Å². The molecule has 2 heterocycles. The molecule has 10 atom stereocenters. The van der Waals surface area contributed by atoms with Gasteiger partial charge in [-0.3, -0.25) is 0 Å². The average molecular weight is 489 g/mol. The minimum atomic E-state index is -1.74. The molecule has 0 aliphatic carbocycles. The molecule has 2 fully saturated rings. The molecular formula is C18H32O13S. The second-order valence-electron chi connectivity index (χ2n) is 7.23. The molecule has 2 saturated heterocycles. The highest BCUT2D eigenvalue weighted by Crippen LogP contribution is 2.29. The van der Waals surface area contributed by atoms with Crippen LogP contribution in [0.25, 0.3) is 0 Å². The maximum atomic E-state index is 10.6. The van der Waals surface area contributed by atoms with Crippen molar-refractivity contribution in [2.24, 2.45) is 0 Å². The Morgan fingerprint density at radius 2 is 1.28 bits per heavy atom. The van der Waals surface area contributed by atoms with E-state index in [0.717, 1.165) is 0 Å². The quantitative estimate of drug-likeness (QED) is 0.0970. The van der Waals surface area contributed by atoms with Crippen molar-refractivity contribution in [1.29, 1.82) is 0 Å². The third-order valence-electron chi connectivity index (χ3n) is 5.03. The normalized spacial score (nSPS) is 40.3. The van der Waals surface area contributed by atoms with Crippen molar-refractivity contribution in [3.05, 3.63) is 0 Å². The van der Waals surface area contributed by atoms with Crippen LogP contribution >= 0.6 is 12.2 Å². The van der Waals surface area contributed by atoms with Crippen molar-refractivity contribution in [2.75, 3.05) is 46.2 Å². The Morgan fingerprint density at radius 1 is 0.688 bits per heavy atom. The van der Waals surface area contributed by atoms with E-state index < -0.39 is 74.6 Å². The van der Waals surface area contributed by atoms with Crippen LogP contribution in [-0.4, -0.2) is 149 Å². The van der Waals surface area contributed by atoms with Gasteiger partial charge in [0.2, 0.25) is 0 Å². The van der Waals surface area contributed by atoms with E-state index in [0.29, 0.717) is 19.8 Å². The molecule has 0 unspecified atom stereocenters. The molecule has 13 nitrogen and oxygen atoms in total. The molecule has 0 radical (unpaired) electrons. The monoisotopic (exact) mass is 488 g/mol. The van der Waals surface area contributed by atoms with Gasteiger partial charge >= 0.3 is 0 Å². The van der Waals surface area contributed by atoms with Crippen LogP contribution in [0.5, 0.6) is 0 Å². The predicted octanol–water partition coefficient (Wildman–Crippen LogP) is -4.34. The molecule has 188 valence electrons. The molecule has 7 N–H and O–H groups in total. The molecule has 0 bridgehead atoms. The van der Waals surface area contributed by atoms with Crippen molar-refractivity contribution >= 4 is 17.6 Å². The lowest BCUT2D eigenvalue weighted by molar-refractivity contribution is -0.360. The number of aliphatic hydroxyl groups is 7. The Labute approximate surface area is 190 Å². The number of thiocarbonyl (C=S) groups is 1. The van der Waals surface area contributed by atoms with Gasteiger partial charge in [0, 0.05) is 5.37 Å². The Morgan fingerprint density at radius 3 is 1.94 bits per heavy atom. The summed E-state index contributed by atoms with van der Waals surface area (Å²) in [5.41, 5.74) is 0. The van der Waals surface area contributed by atoms with Crippen molar-refractivity contribution in [1.82, 2.24) is 0 Å². The third kappa shape index (κ3) is 7.28. The van der Waals surface area contributed by atoms with Crippen molar-refractivity contribution in [2.45, 2.75) is 61.4 Å². The van der Waals surface area contributed by atoms with Gasteiger partial charge in [-0.1, -0.05) is 12.2 Å². The second kappa shape index (κ2) is 14.1. The van der Waals surface area contributed by atoms with Gasteiger partial charge in [0.25, 0.3) is 0 Å². The van der Waals surface area contributed by atoms with Crippen LogP contribution in [0.15, 0.2) is 0 Å². The number of aliphatic hydroxyl groups excluding tert-OH is 7. The first-order valence-corrected chi connectivity index (χ1v) is 10.6. The largest absolute Gasteiger partial charge is 0.394 e. The highest BCUT2D eigenvalue weighted by Gasteiger charge is 2.50. The first kappa shape index (κ1) is 27.8. The zero-order valence-electron chi connectivity index (χ0n) is 17.3. The van der Waals surface area contributed by atoms with Gasteiger partial charge in [0.15, 0.2) is 12.6 Å². The number of hydrogen-bond donors (Lipinski definition) is 7. The molecule has 2 aliphatic heterocycles. The molecule has 0 aromatic rings. The first-order chi connectivity index (χ1) is 15.3. The van der Waals surface area contributed by atoms with Gasteiger partial charge in [-0.15, -0.1) is 0 Å². The Balaban J connectivity index is 1.92. The van der Waals surface area contributed by atoms with Crippen LogP contribution in [-0.2, 0) is 28.4 Å². The summed E-state index contributed by atoms with van der Waals surface area (Å²) in [6.07, 6.45) is -15.0. The van der Waals surface area contributed by atoms with Crippen LogP contribution < -0.4 is 0 Å². The van der Waals surface area contributed by atoms with Gasteiger partial charge in [-0.25, -0.2) is 0 Å². The summed E-state index contributed by atoms with van der Waals surface area (Å²) in [5.74, 6) is 0. The summed E-state index contributed by atoms with van der Waals surface area (Å²) in [6, 6.07) is 0. The number of hydrogen-bond acceptors (Lipinski definition) is 14. The molecule has 0 spiro atoms. The molecule has 0 amide bonds. The minimum Gasteiger partial charge on any atom is -0.394 e. The first-order valence-electron chi connectivity index (χ1n) is 10.1. The zero-order valence-corrected chi connectivity index (χ0v) is 18.1. The summed E-state index contributed by atoms with van der Waals surface area (Å²) in [4.78, 5) is 0. The Hall–Kier alpha value is -0.430. The third-order valence-corrected chi connectivity index (χ3v) is 5.17. The highest BCUT2D eigenvalue weighted by atomic mass is 32.1. The minimum absolute atomic E-state index is 0.00407. The van der Waals surface area contributed by atoms with Crippen LogP contribution in [0.2, 0.25) is 0 Å². The van der Waals surface area contributed by atoms with Crippen LogP contribution in [0.3, 0.4) is 0 Å². The summed E-state index contributed by atoms with van der Waals surface area (Å²) < 4.78 is 31.9. The van der Waals surface area contributed by atoms with Gasteiger partial charge in [-0.2, -0.15) is 0 Å². The van der Waals surface area contributed by atoms with E-state index in [1.807, 2.05) is 0 Å². The fourth-order valence-corrected chi connectivity index (χ4v) is 3.36.